The number of esters is 8. The molecule has 3 fully saturated rings. The standard InChI is InChI=1S/C42H65NO22/c1-18-27(56-20(3)44)30(58-22(5)46)34(60-24(7)48)37(54-18)63-29-26(17-53-39(50)41(9,10)11)62-36(52-16-15-43)33(32(29)65-40(51)42(12,13)14)64-38-35(61-25(8)49)31(59-23(6)47)28(19(2)55-38)57-21(4)45/h18-19,26-38H,15-17,43H2,1-14H3/t18-,19-,26+,27-,28-,29+,30+,31+,32-,33+,34+,35+,36+,37-,38-/m0/s1. The van der Waals surface area contributed by atoms with Crippen molar-refractivity contribution in [2.24, 2.45) is 16.6 Å². The maximum absolute atomic E-state index is 14.1. The first-order valence-corrected chi connectivity index (χ1v) is 21.1. The summed E-state index contributed by atoms with van der Waals surface area (Å²) >= 11 is 0. The van der Waals surface area contributed by atoms with E-state index in [0.717, 1.165) is 41.5 Å². The van der Waals surface area contributed by atoms with Crippen LogP contribution in [0, 0.1) is 10.8 Å². The van der Waals surface area contributed by atoms with E-state index in [9.17, 15) is 38.4 Å². The van der Waals surface area contributed by atoms with E-state index >= 15 is 0 Å². The normalized spacial score (nSPS) is 32.8. The molecule has 23 nitrogen and oxygen atoms in total. The number of hydrogen-bond acceptors (Lipinski definition) is 23. The predicted octanol–water partition coefficient (Wildman–Crippen LogP) is 1.08. The van der Waals surface area contributed by atoms with Crippen LogP contribution in [0.2, 0.25) is 0 Å². The third kappa shape index (κ3) is 15.5. The average Bonchev–Trinajstić information content (AvgIpc) is 3.15. The molecule has 0 aromatic heterocycles. The van der Waals surface area contributed by atoms with Crippen LogP contribution < -0.4 is 5.73 Å². The molecule has 3 rings (SSSR count). The summed E-state index contributed by atoms with van der Waals surface area (Å²) in [7, 11) is 0. The topological polar surface area (TPSA) is 292 Å². The maximum Gasteiger partial charge on any atom is 0.311 e. The molecule has 0 aliphatic carbocycles. The summed E-state index contributed by atoms with van der Waals surface area (Å²) < 4.78 is 83.3. The molecule has 65 heavy (non-hydrogen) atoms. The first kappa shape index (κ1) is 54.8. The molecule has 0 bridgehead atoms. The highest BCUT2D eigenvalue weighted by atomic mass is 16.8. The van der Waals surface area contributed by atoms with Gasteiger partial charge in [0.1, 0.15) is 18.8 Å². The molecule has 370 valence electrons. The highest BCUT2D eigenvalue weighted by Gasteiger charge is 2.59. The van der Waals surface area contributed by atoms with Crippen LogP contribution in [0.1, 0.15) is 96.9 Å². The van der Waals surface area contributed by atoms with Gasteiger partial charge in [0.15, 0.2) is 67.7 Å². The van der Waals surface area contributed by atoms with Gasteiger partial charge in [-0.3, -0.25) is 38.4 Å². The first-order valence-electron chi connectivity index (χ1n) is 21.1. The Hall–Kier alpha value is -4.52. The molecule has 0 spiro atoms. The minimum atomic E-state index is -1.75. The Morgan fingerprint density at radius 3 is 1.17 bits per heavy atom. The van der Waals surface area contributed by atoms with Crippen LogP contribution in [0.15, 0.2) is 0 Å². The van der Waals surface area contributed by atoms with Crippen molar-refractivity contribution in [1.29, 1.82) is 0 Å². The zero-order chi connectivity index (χ0) is 49.3. The SMILES string of the molecule is CC(=O)O[C@@H]1[C@@H](OC(C)=O)[C@H](C)O[C@@H](O[C@H]2[C@H](OCCN)O[C@H](COC(=O)C(C)(C)C)[C@@H](O[C@@H]3O[C@@H](C)[C@H](OC(C)=O)[C@@H](OC(C)=O)[C@H]3OC(C)=O)[C@@H]2OC(=O)C(C)(C)C)[C@@H]1OC(C)=O. The van der Waals surface area contributed by atoms with E-state index in [1.54, 1.807) is 41.5 Å². The number of hydrogen-bond donors (Lipinski definition) is 1. The van der Waals surface area contributed by atoms with E-state index in [4.69, 9.17) is 72.0 Å². The highest BCUT2D eigenvalue weighted by Crippen LogP contribution is 2.39. The molecule has 23 heteroatoms. The van der Waals surface area contributed by atoms with Crippen molar-refractivity contribution in [2.45, 2.75) is 189 Å². The molecule has 0 aromatic rings. The van der Waals surface area contributed by atoms with Crippen LogP contribution in [0.5, 0.6) is 0 Å². The van der Waals surface area contributed by atoms with Crippen LogP contribution in [0.3, 0.4) is 0 Å². The highest BCUT2D eigenvalue weighted by molar-refractivity contribution is 5.76. The Morgan fingerprint density at radius 2 is 0.800 bits per heavy atom. The molecule has 3 aliphatic heterocycles. The van der Waals surface area contributed by atoms with Crippen molar-refractivity contribution < 1.29 is 105 Å². The van der Waals surface area contributed by atoms with Gasteiger partial charge < -0.3 is 72.0 Å². The van der Waals surface area contributed by atoms with Gasteiger partial charge in [0.2, 0.25) is 0 Å². The molecular formula is C42H65NO22. The molecule has 15 atom stereocenters. The van der Waals surface area contributed by atoms with E-state index < -0.39 is 157 Å². The van der Waals surface area contributed by atoms with E-state index in [2.05, 4.69) is 0 Å². The van der Waals surface area contributed by atoms with Crippen molar-refractivity contribution in [2.75, 3.05) is 19.8 Å². The molecule has 3 heterocycles. The molecule has 0 amide bonds. The molecule has 2 N–H and O–H groups in total. The summed E-state index contributed by atoms with van der Waals surface area (Å²) in [5.74, 6) is -6.62. The maximum atomic E-state index is 14.1. The Balaban J connectivity index is 2.34. The van der Waals surface area contributed by atoms with Crippen molar-refractivity contribution in [1.82, 2.24) is 0 Å². The number of carbonyl (C=O) groups is 8. The van der Waals surface area contributed by atoms with Gasteiger partial charge >= 0.3 is 47.8 Å². The molecule has 0 radical (unpaired) electrons. The van der Waals surface area contributed by atoms with Gasteiger partial charge in [-0.2, -0.15) is 0 Å². The largest absolute Gasteiger partial charge is 0.462 e. The van der Waals surface area contributed by atoms with E-state index in [-0.39, 0.29) is 13.2 Å². The molecule has 3 saturated heterocycles. The van der Waals surface area contributed by atoms with Gasteiger partial charge in [0.25, 0.3) is 0 Å². The first-order chi connectivity index (χ1) is 30.0. The lowest BCUT2D eigenvalue weighted by Crippen LogP contribution is -2.68. The fourth-order valence-corrected chi connectivity index (χ4v) is 6.92. The summed E-state index contributed by atoms with van der Waals surface area (Å²) in [5.41, 5.74) is 3.60. The Kier molecular flexibility index (Phi) is 19.6. The van der Waals surface area contributed by atoms with Crippen LogP contribution >= 0.6 is 0 Å². The zero-order valence-electron chi connectivity index (χ0n) is 39.3. The second-order valence-electron chi connectivity index (χ2n) is 17.7. The van der Waals surface area contributed by atoms with Gasteiger partial charge in [-0.1, -0.05) is 0 Å². The van der Waals surface area contributed by atoms with Gasteiger partial charge in [-0.25, -0.2) is 0 Å². The third-order valence-electron chi connectivity index (χ3n) is 9.69. The van der Waals surface area contributed by atoms with Crippen molar-refractivity contribution in [3.8, 4) is 0 Å². The van der Waals surface area contributed by atoms with Gasteiger partial charge in [0.05, 0.1) is 29.6 Å². The zero-order valence-corrected chi connectivity index (χ0v) is 39.3. The van der Waals surface area contributed by atoms with E-state index in [0.29, 0.717) is 0 Å². The Labute approximate surface area is 377 Å². The van der Waals surface area contributed by atoms with Gasteiger partial charge in [0, 0.05) is 48.1 Å². The average molecular weight is 936 g/mol. The lowest BCUT2D eigenvalue weighted by atomic mass is 9.94. The smallest absolute Gasteiger partial charge is 0.311 e. The quantitative estimate of drug-likeness (QED) is 0.167. The predicted molar refractivity (Wildman–Crippen MR) is 215 cm³/mol. The molecular weight excluding hydrogens is 870 g/mol. The molecule has 3 aliphatic rings. The van der Waals surface area contributed by atoms with E-state index in [1.807, 2.05) is 0 Å². The number of ether oxygens (including phenoxy) is 14. The molecule has 0 saturated carbocycles. The number of nitrogens with two attached hydrogens (primary N) is 1. The van der Waals surface area contributed by atoms with Crippen LogP contribution in [-0.4, -0.2) is 160 Å². The van der Waals surface area contributed by atoms with Crippen LogP contribution in [0.4, 0.5) is 0 Å². The molecule has 0 aromatic carbocycles. The fraction of sp³-hybridized carbons (Fsp3) is 0.810. The number of carbonyl (C=O) groups excluding carboxylic acids is 8. The Bertz CT molecular complexity index is 1710. The van der Waals surface area contributed by atoms with Gasteiger partial charge in [-0.15, -0.1) is 0 Å². The van der Waals surface area contributed by atoms with E-state index in [1.165, 1.54) is 13.8 Å². The van der Waals surface area contributed by atoms with Crippen LogP contribution in [-0.2, 0) is 105 Å². The van der Waals surface area contributed by atoms with Crippen molar-refractivity contribution in [3.63, 3.8) is 0 Å². The second-order valence-corrected chi connectivity index (χ2v) is 17.7. The monoisotopic (exact) mass is 935 g/mol. The summed E-state index contributed by atoms with van der Waals surface area (Å²) in [5, 5.41) is 0. The fourth-order valence-electron chi connectivity index (χ4n) is 6.92. The Morgan fingerprint density at radius 1 is 0.446 bits per heavy atom. The lowest BCUT2D eigenvalue weighted by Gasteiger charge is -2.50. The van der Waals surface area contributed by atoms with Gasteiger partial charge in [-0.05, 0) is 55.4 Å². The van der Waals surface area contributed by atoms with Crippen molar-refractivity contribution >= 4 is 47.8 Å². The second kappa shape index (κ2) is 23.3. The summed E-state index contributed by atoms with van der Waals surface area (Å²) in [6, 6.07) is 0. The summed E-state index contributed by atoms with van der Waals surface area (Å²) in [4.78, 5) is 102. The van der Waals surface area contributed by atoms with Crippen molar-refractivity contribution in [3.05, 3.63) is 0 Å². The molecule has 0 unspecified atom stereocenters. The van der Waals surface area contributed by atoms with Crippen LogP contribution in [0.25, 0.3) is 0 Å². The lowest BCUT2D eigenvalue weighted by molar-refractivity contribution is -0.385. The third-order valence-corrected chi connectivity index (χ3v) is 9.69. The summed E-state index contributed by atoms with van der Waals surface area (Å²) in [6.45, 7) is 18.0. The minimum absolute atomic E-state index is 0.0762. The number of rotatable bonds is 16. The minimum Gasteiger partial charge on any atom is -0.462 e. The summed E-state index contributed by atoms with van der Waals surface area (Å²) in [6.07, 6.45) is -23.0.